The van der Waals surface area contributed by atoms with Crippen molar-refractivity contribution in [2.24, 2.45) is 0 Å². The quantitative estimate of drug-likeness (QED) is 0.167. The number of furan rings is 2. The van der Waals surface area contributed by atoms with Crippen LogP contribution in [-0.2, 0) is 0 Å². The third kappa shape index (κ3) is 5.62. The lowest BCUT2D eigenvalue weighted by molar-refractivity contribution is 0.669. The molecule has 0 bridgehead atoms. The number of nitrogens with zero attached hydrogens (tertiary/aromatic N) is 4. The minimum Gasteiger partial charge on any atom is -0.456 e. The van der Waals surface area contributed by atoms with Gasteiger partial charge in [0.1, 0.15) is 22.3 Å². The van der Waals surface area contributed by atoms with Gasteiger partial charge in [0.25, 0.3) is 0 Å². The summed E-state index contributed by atoms with van der Waals surface area (Å²) < 4.78 is 15.6. The molecular formula is C57H34N4O2. The number of aromatic nitrogens is 4. The summed E-state index contributed by atoms with van der Waals surface area (Å²) in [5, 5.41) is 6.63. The third-order valence-corrected chi connectivity index (χ3v) is 12.3. The first-order valence-corrected chi connectivity index (χ1v) is 21.1. The summed E-state index contributed by atoms with van der Waals surface area (Å²) in [4.78, 5) is 15.1. The van der Waals surface area contributed by atoms with Crippen LogP contribution in [0.5, 0.6) is 0 Å². The third-order valence-electron chi connectivity index (χ3n) is 12.3. The highest BCUT2D eigenvalue weighted by molar-refractivity contribution is 6.16. The van der Waals surface area contributed by atoms with Gasteiger partial charge < -0.3 is 13.4 Å². The van der Waals surface area contributed by atoms with Crippen molar-refractivity contribution >= 4 is 65.7 Å². The topological polar surface area (TPSA) is 69.9 Å². The lowest BCUT2D eigenvalue weighted by Crippen LogP contribution is -2.00. The molecular weight excluding hydrogens is 773 g/mol. The number of benzene rings is 9. The molecule has 0 aliphatic carbocycles. The molecule has 0 spiro atoms. The van der Waals surface area contributed by atoms with Gasteiger partial charge in [-0.2, -0.15) is 0 Å². The Balaban J connectivity index is 0.965. The van der Waals surface area contributed by atoms with E-state index < -0.39 is 0 Å². The molecule has 0 saturated heterocycles. The van der Waals surface area contributed by atoms with Crippen LogP contribution < -0.4 is 0 Å². The molecule has 13 aromatic rings. The molecule has 0 unspecified atom stereocenters. The van der Waals surface area contributed by atoms with Crippen LogP contribution in [0.15, 0.2) is 215 Å². The molecule has 0 fully saturated rings. The van der Waals surface area contributed by atoms with Crippen molar-refractivity contribution in [2.45, 2.75) is 0 Å². The first kappa shape index (κ1) is 35.2. The highest BCUT2D eigenvalue weighted by Crippen LogP contribution is 2.44. The number of fused-ring (bicyclic) bond motifs is 9. The van der Waals surface area contributed by atoms with Crippen LogP contribution in [0.3, 0.4) is 0 Å². The molecule has 6 nitrogen and oxygen atoms in total. The lowest BCUT2D eigenvalue weighted by Gasteiger charge is -2.15. The summed E-state index contributed by atoms with van der Waals surface area (Å²) in [6, 6.07) is 71.6. The summed E-state index contributed by atoms with van der Waals surface area (Å²) in [6.07, 6.45) is 0. The van der Waals surface area contributed by atoms with Crippen molar-refractivity contribution in [3.63, 3.8) is 0 Å². The second kappa shape index (κ2) is 14.0. The summed E-state index contributed by atoms with van der Waals surface area (Å²) in [7, 11) is 0. The van der Waals surface area contributed by atoms with E-state index in [9.17, 15) is 0 Å². The zero-order valence-electron chi connectivity index (χ0n) is 33.7. The van der Waals surface area contributed by atoms with E-state index in [0.717, 1.165) is 88.5 Å². The van der Waals surface area contributed by atoms with Crippen LogP contribution >= 0.6 is 0 Å². The summed E-state index contributed by atoms with van der Waals surface area (Å²) >= 11 is 0. The van der Waals surface area contributed by atoms with Gasteiger partial charge in [-0.15, -0.1) is 0 Å². The molecule has 0 saturated carbocycles. The fourth-order valence-electron chi connectivity index (χ4n) is 9.40. The van der Waals surface area contributed by atoms with E-state index in [4.69, 9.17) is 23.8 Å². The van der Waals surface area contributed by atoms with E-state index >= 15 is 0 Å². The molecule has 294 valence electrons. The first-order valence-electron chi connectivity index (χ1n) is 21.1. The fourth-order valence-corrected chi connectivity index (χ4v) is 9.40. The zero-order valence-corrected chi connectivity index (χ0v) is 33.7. The Morgan fingerprint density at radius 3 is 1.57 bits per heavy atom. The maximum atomic E-state index is 6.94. The number of rotatable bonds is 6. The van der Waals surface area contributed by atoms with Gasteiger partial charge in [-0.25, -0.2) is 15.0 Å². The number of hydrogen-bond acceptors (Lipinski definition) is 5. The van der Waals surface area contributed by atoms with Gasteiger partial charge in [0.15, 0.2) is 17.5 Å². The van der Waals surface area contributed by atoms with Gasteiger partial charge in [0.2, 0.25) is 0 Å². The largest absolute Gasteiger partial charge is 0.456 e. The standard InChI is InChI=1S/C57H34N4O2/c1-3-15-35(16-4-1)55-58-56(36-29-31-43-42-22-10-12-28-50(42)62-51(43)33-36)60-57(59-55)37-30-32-44-48-26-14-25-47(54(48)63-52(44)34-37)40-20-8-7-19-39(40)45-23-13-24-46-41-21-9-11-27-49(41)61(53(45)46)38-17-5-2-6-18-38/h1-34H. The average molecular weight is 807 g/mol. The Labute approximate surface area is 361 Å². The molecule has 6 heteroatoms. The normalized spacial score (nSPS) is 11.8. The lowest BCUT2D eigenvalue weighted by atomic mass is 9.92. The Bertz CT molecular complexity index is 3920. The minimum atomic E-state index is 0.554. The van der Waals surface area contributed by atoms with Gasteiger partial charge >= 0.3 is 0 Å². The number of para-hydroxylation sites is 5. The van der Waals surface area contributed by atoms with E-state index in [2.05, 4.69) is 156 Å². The second-order valence-corrected chi connectivity index (χ2v) is 15.9. The van der Waals surface area contributed by atoms with Crippen molar-refractivity contribution in [2.75, 3.05) is 0 Å². The molecule has 0 N–H and O–H groups in total. The predicted octanol–water partition coefficient (Wildman–Crippen LogP) is 15.1. The van der Waals surface area contributed by atoms with Crippen molar-refractivity contribution < 1.29 is 8.83 Å². The van der Waals surface area contributed by atoms with E-state index in [1.807, 2.05) is 54.6 Å². The van der Waals surface area contributed by atoms with Crippen LogP contribution in [0.1, 0.15) is 0 Å². The van der Waals surface area contributed by atoms with E-state index in [-0.39, 0.29) is 0 Å². The van der Waals surface area contributed by atoms with Crippen molar-refractivity contribution in [1.82, 2.24) is 19.5 Å². The highest BCUT2D eigenvalue weighted by Gasteiger charge is 2.21. The van der Waals surface area contributed by atoms with E-state index in [1.165, 1.54) is 21.8 Å². The van der Waals surface area contributed by atoms with Gasteiger partial charge in [-0.05, 0) is 59.7 Å². The molecule has 9 aromatic carbocycles. The predicted molar refractivity (Wildman–Crippen MR) is 256 cm³/mol. The molecule has 0 atom stereocenters. The Morgan fingerprint density at radius 2 is 0.825 bits per heavy atom. The van der Waals surface area contributed by atoms with Gasteiger partial charge in [0.05, 0.1) is 11.0 Å². The molecule has 0 radical (unpaired) electrons. The monoisotopic (exact) mass is 806 g/mol. The molecule has 13 rings (SSSR count). The zero-order chi connectivity index (χ0) is 41.4. The van der Waals surface area contributed by atoms with Gasteiger partial charge in [0, 0.05) is 65.8 Å². The van der Waals surface area contributed by atoms with E-state index in [0.29, 0.717) is 17.5 Å². The highest BCUT2D eigenvalue weighted by atomic mass is 16.3. The SMILES string of the molecule is c1ccc(-c2nc(-c3ccc4c(c3)oc3ccccc34)nc(-c3ccc4c(c3)oc3c(-c5ccccc5-c5cccc6c7ccccc7n(-c7ccccc7)c56)cccc34)n2)cc1. The molecule has 0 aliphatic rings. The van der Waals surface area contributed by atoms with Crippen molar-refractivity contribution in [1.29, 1.82) is 0 Å². The number of hydrogen-bond donors (Lipinski definition) is 0. The van der Waals surface area contributed by atoms with Gasteiger partial charge in [-0.3, -0.25) is 0 Å². The fraction of sp³-hybridized carbons (Fsp3) is 0. The summed E-state index contributed by atoms with van der Waals surface area (Å²) in [5.41, 5.74) is 13.7. The van der Waals surface area contributed by atoms with Crippen molar-refractivity contribution in [3.8, 4) is 62.1 Å². The summed E-state index contributed by atoms with van der Waals surface area (Å²) in [5.74, 6) is 1.70. The van der Waals surface area contributed by atoms with Gasteiger partial charge in [-0.1, -0.05) is 158 Å². The molecule has 0 aliphatic heterocycles. The van der Waals surface area contributed by atoms with E-state index in [1.54, 1.807) is 0 Å². The molecule has 4 aromatic heterocycles. The average Bonchev–Trinajstić information content (AvgIpc) is 4.03. The van der Waals surface area contributed by atoms with Crippen molar-refractivity contribution in [3.05, 3.63) is 206 Å². The maximum absolute atomic E-state index is 6.94. The van der Waals surface area contributed by atoms with Crippen LogP contribution in [0.2, 0.25) is 0 Å². The molecule has 0 amide bonds. The van der Waals surface area contributed by atoms with Crippen LogP contribution in [0.25, 0.3) is 128 Å². The maximum Gasteiger partial charge on any atom is 0.164 e. The second-order valence-electron chi connectivity index (χ2n) is 15.9. The summed E-state index contributed by atoms with van der Waals surface area (Å²) in [6.45, 7) is 0. The molecule has 4 heterocycles. The Hall–Kier alpha value is -8.61. The molecule has 63 heavy (non-hydrogen) atoms. The smallest absolute Gasteiger partial charge is 0.164 e. The van der Waals surface area contributed by atoms with Crippen LogP contribution in [0, 0.1) is 0 Å². The Morgan fingerprint density at radius 1 is 0.317 bits per heavy atom. The first-order chi connectivity index (χ1) is 31.2. The van der Waals surface area contributed by atoms with Crippen LogP contribution in [-0.4, -0.2) is 19.5 Å². The Kier molecular flexibility index (Phi) is 7.80. The minimum absolute atomic E-state index is 0.554. The van der Waals surface area contributed by atoms with Crippen LogP contribution in [0.4, 0.5) is 0 Å².